The van der Waals surface area contributed by atoms with E-state index in [9.17, 15) is 26.4 Å². The van der Waals surface area contributed by atoms with Gasteiger partial charge in [0.15, 0.2) is 0 Å². The summed E-state index contributed by atoms with van der Waals surface area (Å²) in [6, 6.07) is 9.16. The van der Waals surface area contributed by atoms with Crippen LogP contribution in [0.1, 0.15) is 35.2 Å². The number of nitrogens with one attached hydrogen (secondary N) is 1. The minimum Gasteiger partial charge on any atom is -0.348 e. The number of nitrogens with zero attached hydrogens (tertiary/aromatic N) is 1. The van der Waals surface area contributed by atoms with Crippen LogP contribution in [0.15, 0.2) is 42.5 Å². The van der Waals surface area contributed by atoms with E-state index in [-0.39, 0.29) is 5.69 Å². The molecule has 0 bridgehead atoms. The van der Waals surface area contributed by atoms with E-state index in [0.717, 1.165) is 35.1 Å². The van der Waals surface area contributed by atoms with Crippen molar-refractivity contribution in [1.82, 2.24) is 5.32 Å². The van der Waals surface area contributed by atoms with Crippen LogP contribution in [-0.4, -0.2) is 27.1 Å². The highest BCUT2D eigenvalue weighted by Crippen LogP contribution is 2.32. The number of amides is 1. The predicted octanol–water partition coefficient (Wildman–Crippen LogP) is 3.97. The topological polar surface area (TPSA) is 66.5 Å². The molecule has 0 aromatic heterocycles. The zero-order chi connectivity index (χ0) is 22.0. The molecule has 2 aromatic carbocycles. The predicted molar refractivity (Wildman–Crippen MR) is 106 cm³/mol. The summed E-state index contributed by atoms with van der Waals surface area (Å²) in [5.74, 6) is -0.626. The number of sulfonamides is 1. The molecule has 2 rings (SSSR count). The lowest BCUT2D eigenvalue weighted by Crippen LogP contribution is -2.41. The maximum Gasteiger partial charge on any atom is 0.416 e. The third-order valence-corrected chi connectivity index (χ3v) is 5.70. The van der Waals surface area contributed by atoms with Crippen LogP contribution in [0.2, 0.25) is 0 Å². The van der Waals surface area contributed by atoms with Crippen molar-refractivity contribution in [3.05, 3.63) is 64.7 Å². The van der Waals surface area contributed by atoms with E-state index in [4.69, 9.17) is 0 Å². The molecule has 0 unspecified atom stereocenters. The standard InChI is InChI=1S/C20H23F3N2O3S/c1-13-8-9-16(10-14(13)2)15(3)24-19(26)12-25(29(4,27)28)18-7-5-6-17(11-18)20(21,22)23/h5-11,15H,12H2,1-4H3,(H,24,26)/t15-/m1/s1. The lowest BCUT2D eigenvalue weighted by atomic mass is 10.0. The Labute approximate surface area is 168 Å². The van der Waals surface area contributed by atoms with Crippen molar-refractivity contribution < 1.29 is 26.4 Å². The molecule has 1 amide bonds. The van der Waals surface area contributed by atoms with Crippen molar-refractivity contribution in [3.8, 4) is 0 Å². The van der Waals surface area contributed by atoms with Gasteiger partial charge in [-0.1, -0.05) is 24.3 Å². The van der Waals surface area contributed by atoms with Crippen molar-refractivity contribution in [2.45, 2.75) is 33.0 Å². The Kier molecular flexibility index (Phi) is 6.62. The molecule has 2 aromatic rings. The van der Waals surface area contributed by atoms with Crippen LogP contribution < -0.4 is 9.62 Å². The summed E-state index contributed by atoms with van der Waals surface area (Å²) >= 11 is 0. The quantitative estimate of drug-likeness (QED) is 0.757. The lowest BCUT2D eigenvalue weighted by molar-refractivity contribution is -0.137. The molecule has 5 nitrogen and oxygen atoms in total. The van der Waals surface area contributed by atoms with Gasteiger partial charge >= 0.3 is 6.18 Å². The second kappa shape index (κ2) is 8.44. The molecule has 0 aliphatic rings. The minimum absolute atomic E-state index is 0.226. The van der Waals surface area contributed by atoms with E-state index in [1.807, 2.05) is 32.0 Å². The summed E-state index contributed by atoms with van der Waals surface area (Å²) in [6.07, 6.45) is -3.79. The third-order valence-electron chi connectivity index (χ3n) is 4.56. The Hall–Kier alpha value is -2.55. The second-order valence-electron chi connectivity index (χ2n) is 6.95. The van der Waals surface area contributed by atoms with E-state index >= 15 is 0 Å². The summed E-state index contributed by atoms with van der Waals surface area (Å²) in [5, 5.41) is 2.69. The Morgan fingerprint density at radius 3 is 2.31 bits per heavy atom. The molecule has 0 heterocycles. The van der Waals surface area contributed by atoms with Gasteiger partial charge in [-0.2, -0.15) is 13.2 Å². The van der Waals surface area contributed by atoms with Crippen molar-refractivity contribution >= 4 is 21.6 Å². The van der Waals surface area contributed by atoms with Gasteiger partial charge in [0, 0.05) is 0 Å². The molecule has 158 valence electrons. The van der Waals surface area contributed by atoms with Crippen LogP contribution in [0.25, 0.3) is 0 Å². The normalized spacial score (nSPS) is 13.1. The second-order valence-corrected chi connectivity index (χ2v) is 8.86. The van der Waals surface area contributed by atoms with Crippen LogP contribution >= 0.6 is 0 Å². The Bertz CT molecular complexity index is 1000. The number of hydrogen-bond acceptors (Lipinski definition) is 3. The van der Waals surface area contributed by atoms with E-state index in [1.54, 1.807) is 6.92 Å². The molecule has 1 atom stereocenters. The molecule has 0 aliphatic heterocycles. The number of halogens is 3. The molecule has 0 saturated heterocycles. The molecule has 29 heavy (non-hydrogen) atoms. The van der Waals surface area contributed by atoms with Gasteiger partial charge in [-0.15, -0.1) is 0 Å². The third kappa shape index (κ3) is 5.96. The summed E-state index contributed by atoms with van der Waals surface area (Å²) < 4.78 is 63.8. The molecular weight excluding hydrogens is 405 g/mol. The van der Waals surface area contributed by atoms with Gasteiger partial charge in [-0.25, -0.2) is 8.42 Å². The van der Waals surface area contributed by atoms with Gasteiger partial charge in [-0.05, 0) is 55.7 Å². The molecule has 0 saturated carbocycles. The summed E-state index contributed by atoms with van der Waals surface area (Å²) in [5.41, 5.74) is 1.76. The SMILES string of the molecule is Cc1ccc([C@@H](C)NC(=O)CN(c2cccc(C(F)(F)F)c2)S(C)(=O)=O)cc1C. The average Bonchev–Trinajstić information content (AvgIpc) is 2.60. The first kappa shape index (κ1) is 22.7. The Morgan fingerprint density at radius 1 is 1.10 bits per heavy atom. The van der Waals surface area contributed by atoms with Gasteiger partial charge in [0.1, 0.15) is 6.54 Å². The van der Waals surface area contributed by atoms with Crippen LogP contribution in [0.4, 0.5) is 18.9 Å². The number of rotatable bonds is 6. The van der Waals surface area contributed by atoms with Gasteiger partial charge in [0.25, 0.3) is 0 Å². The molecule has 0 radical (unpaired) electrons. The number of benzene rings is 2. The lowest BCUT2D eigenvalue weighted by Gasteiger charge is -2.24. The monoisotopic (exact) mass is 428 g/mol. The van der Waals surface area contributed by atoms with Gasteiger partial charge in [0.2, 0.25) is 15.9 Å². The van der Waals surface area contributed by atoms with Gasteiger partial charge in [0.05, 0.1) is 23.5 Å². The summed E-state index contributed by atoms with van der Waals surface area (Å²) in [6.45, 7) is 5.01. The molecule has 9 heteroatoms. The van der Waals surface area contributed by atoms with E-state index < -0.39 is 40.3 Å². The first-order chi connectivity index (χ1) is 13.3. The highest BCUT2D eigenvalue weighted by Gasteiger charge is 2.32. The molecule has 1 N–H and O–H groups in total. The number of carbonyl (C=O) groups excluding carboxylic acids is 1. The molecule has 0 aliphatic carbocycles. The zero-order valence-corrected chi connectivity index (χ0v) is 17.4. The van der Waals surface area contributed by atoms with Gasteiger partial charge in [-0.3, -0.25) is 9.10 Å². The van der Waals surface area contributed by atoms with Crippen LogP contribution in [0.5, 0.6) is 0 Å². The van der Waals surface area contributed by atoms with Gasteiger partial charge < -0.3 is 5.32 Å². The smallest absolute Gasteiger partial charge is 0.348 e. The molecular formula is C20H23F3N2O3S. The minimum atomic E-state index is -4.63. The fraction of sp³-hybridized carbons (Fsp3) is 0.350. The number of aryl methyl sites for hydroxylation is 2. The van der Waals surface area contributed by atoms with E-state index in [0.29, 0.717) is 10.4 Å². The zero-order valence-electron chi connectivity index (χ0n) is 16.5. The summed E-state index contributed by atoms with van der Waals surface area (Å²) in [4.78, 5) is 12.5. The highest BCUT2D eigenvalue weighted by molar-refractivity contribution is 7.92. The number of anilines is 1. The van der Waals surface area contributed by atoms with Crippen LogP contribution in [-0.2, 0) is 21.0 Å². The molecule has 0 fully saturated rings. The van der Waals surface area contributed by atoms with Crippen molar-refractivity contribution in [2.75, 3.05) is 17.1 Å². The summed E-state index contributed by atoms with van der Waals surface area (Å²) in [7, 11) is -3.98. The molecule has 0 spiro atoms. The fourth-order valence-corrected chi connectivity index (χ4v) is 3.62. The maximum atomic E-state index is 13.0. The van der Waals surface area contributed by atoms with Crippen LogP contribution in [0.3, 0.4) is 0 Å². The van der Waals surface area contributed by atoms with Crippen molar-refractivity contribution in [2.24, 2.45) is 0 Å². The van der Waals surface area contributed by atoms with E-state index in [2.05, 4.69) is 5.32 Å². The fourth-order valence-electron chi connectivity index (χ4n) is 2.77. The Morgan fingerprint density at radius 2 is 1.76 bits per heavy atom. The highest BCUT2D eigenvalue weighted by atomic mass is 32.2. The first-order valence-electron chi connectivity index (χ1n) is 8.80. The average molecular weight is 428 g/mol. The Balaban J connectivity index is 2.23. The number of hydrogen-bond donors (Lipinski definition) is 1. The number of alkyl halides is 3. The number of carbonyl (C=O) groups is 1. The van der Waals surface area contributed by atoms with Crippen LogP contribution in [0, 0.1) is 13.8 Å². The largest absolute Gasteiger partial charge is 0.416 e. The van der Waals surface area contributed by atoms with Crippen molar-refractivity contribution in [1.29, 1.82) is 0 Å². The first-order valence-corrected chi connectivity index (χ1v) is 10.7. The van der Waals surface area contributed by atoms with E-state index in [1.165, 1.54) is 6.07 Å². The maximum absolute atomic E-state index is 13.0. The van der Waals surface area contributed by atoms with Crippen molar-refractivity contribution in [3.63, 3.8) is 0 Å².